The molecule has 0 spiro atoms. The monoisotopic (exact) mass is 298 g/mol. The average molecular weight is 298 g/mol. The second-order valence-corrected chi connectivity index (χ2v) is 4.26. The number of hydrogen-bond acceptors (Lipinski definition) is 7. The standard InChI is InChI=1S/C15H18N6O/c1-16-13(17-2)9-7-10(14(18-3)19-4)12(22)11(8-9)15(20-5)21-6/h7-8,13-15,22H,1-6H2. The molecule has 7 nitrogen and oxygen atoms in total. The molecule has 0 unspecified atom stereocenters. The Hall–Kier alpha value is -2.96. The molecule has 0 saturated heterocycles. The highest BCUT2D eigenvalue weighted by Crippen LogP contribution is 2.38. The lowest BCUT2D eigenvalue weighted by Crippen LogP contribution is -2.03. The summed E-state index contributed by atoms with van der Waals surface area (Å²) in [5.74, 6) is -0.0785. The zero-order chi connectivity index (χ0) is 16.7. The van der Waals surface area contributed by atoms with Gasteiger partial charge in [0.05, 0.1) is 0 Å². The number of benzene rings is 1. The topological polar surface area (TPSA) is 94.4 Å². The molecular weight excluding hydrogens is 280 g/mol. The first-order chi connectivity index (χ1) is 10.6. The van der Waals surface area contributed by atoms with Crippen molar-refractivity contribution in [2.75, 3.05) is 0 Å². The molecule has 0 aliphatic rings. The fraction of sp³-hybridized carbons (Fsp3) is 0.200. The Morgan fingerprint density at radius 3 is 1.23 bits per heavy atom. The predicted molar refractivity (Wildman–Crippen MR) is 93.6 cm³/mol. The Balaban J connectivity index is 3.68. The maximum atomic E-state index is 10.5. The Morgan fingerprint density at radius 1 is 0.636 bits per heavy atom. The summed E-state index contributed by atoms with van der Waals surface area (Å²) < 4.78 is 0. The van der Waals surface area contributed by atoms with Crippen LogP contribution in [0.5, 0.6) is 5.75 Å². The van der Waals surface area contributed by atoms with Crippen LogP contribution in [0.15, 0.2) is 42.1 Å². The minimum absolute atomic E-state index is 0.0785. The highest BCUT2D eigenvalue weighted by Gasteiger charge is 2.22. The third-order valence-corrected chi connectivity index (χ3v) is 3.08. The van der Waals surface area contributed by atoms with Gasteiger partial charge in [0.2, 0.25) is 0 Å². The number of phenols is 1. The van der Waals surface area contributed by atoms with Crippen molar-refractivity contribution < 1.29 is 5.11 Å². The van der Waals surface area contributed by atoms with E-state index in [1.807, 2.05) is 0 Å². The van der Waals surface area contributed by atoms with Crippen molar-refractivity contribution in [1.82, 2.24) is 0 Å². The number of aliphatic imine (C=N–C) groups is 6. The van der Waals surface area contributed by atoms with Crippen LogP contribution >= 0.6 is 0 Å². The van der Waals surface area contributed by atoms with E-state index >= 15 is 0 Å². The summed E-state index contributed by atoms with van der Waals surface area (Å²) in [4.78, 5) is 23.0. The van der Waals surface area contributed by atoms with Gasteiger partial charge in [-0.2, -0.15) is 0 Å². The van der Waals surface area contributed by atoms with E-state index in [1.165, 1.54) is 0 Å². The minimum atomic E-state index is -0.746. The molecule has 0 fully saturated rings. The van der Waals surface area contributed by atoms with Crippen molar-refractivity contribution in [2.24, 2.45) is 30.0 Å². The van der Waals surface area contributed by atoms with Crippen LogP contribution in [0.25, 0.3) is 0 Å². The van der Waals surface area contributed by atoms with Crippen LogP contribution in [0.2, 0.25) is 0 Å². The zero-order valence-electron chi connectivity index (χ0n) is 12.3. The smallest absolute Gasteiger partial charge is 0.167 e. The van der Waals surface area contributed by atoms with Crippen molar-refractivity contribution in [2.45, 2.75) is 18.5 Å². The maximum absolute atomic E-state index is 10.5. The van der Waals surface area contributed by atoms with Crippen LogP contribution in [-0.4, -0.2) is 45.4 Å². The molecule has 0 atom stereocenters. The van der Waals surface area contributed by atoms with E-state index in [0.29, 0.717) is 16.7 Å². The summed E-state index contributed by atoms with van der Waals surface area (Å²) in [7, 11) is 0. The van der Waals surface area contributed by atoms with E-state index in [0.717, 1.165) is 0 Å². The van der Waals surface area contributed by atoms with Crippen molar-refractivity contribution in [3.8, 4) is 5.75 Å². The summed E-state index contributed by atoms with van der Waals surface area (Å²) in [6.07, 6.45) is -2.10. The van der Waals surface area contributed by atoms with Gasteiger partial charge in [0, 0.05) is 11.1 Å². The Labute approximate surface area is 129 Å². The molecule has 0 aromatic heterocycles. The van der Waals surface area contributed by atoms with Crippen molar-refractivity contribution >= 4 is 40.3 Å². The Bertz CT molecular complexity index is 559. The van der Waals surface area contributed by atoms with Gasteiger partial charge in [-0.1, -0.05) is 0 Å². The van der Waals surface area contributed by atoms with Crippen LogP contribution in [0.4, 0.5) is 0 Å². The highest BCUT2D eigenvalue weighted by atomic mass is 16.3. The van der Waals surface area contributed by atoms with Gasteiger partial charge in [-0.25, -0.2) is 0 Å². The van der Waals surface area contributed by atoms with Gasteiger partial charge in [-0.15, -0.1) is 0 Å². The molecule has 1 aromatic rings. The summed E-state index contributed by atoms with van der Waals surface area (Å²) in [6.45, 7) is 20.7. The van der Waals surface area contributed by atoms with Gasteiger partial charge < -0.3 is 5.11 Å². The van der Waals surface area contributed by atoms with Crippen LogP contribution < -0.4 is 0 Å². The minimum Gasteiger partial charge on any atom is -0.507 e. The van der Waals surface area contributed by atoms with E-state index in [-0.39, 0.29) is 5.75 Å². The summed E-state index contributed by atoms with van der Waals surface area (Å²) in [5, 5.41) is 10.5. The molecule has 22 heavy (non-hydrogen) atoms. The van der Waals surface area contributed by atoms with Gasteiger partial charge in [0.1, 0.15) is 5.75 Å². The first kappa shape index (κ1) is 17.1. The molecule has 1 N–H and O–H groups in total. The number of rotatable bonds is 9. The molecule has 0 aliphatic heterocycles. The first-order valence-electron chi connectivity index (χ1n) is 6.19. The lowest BCUT2D eigenvalue weighted by Gasteiger charge is -2.18. The quantitative estimate of drug-likeness (QED) is 0.697. The number of aromatic hydroxyl groups is 1. The van der Waals surface area contributed by atoms with Crippen LogP contribution in [0, 0.1) is 0 Å². The highest BCUT2D eigenvalue weighted by molar-refractivity contribution is 5.51. The lowest BCUT2D eigenvalue weighted by atomic mass is 9.99. The molecule has 7 heteroatoms. The number of phenolic OH excluding ortho intramolecular Hbond substituents is 1. The normalized spacial score (nSPS) is 10.5. The third-order valence-electron chi connectivity index (χ3n) is 3.08. The van der Waals surface area contributed by atoms with Crippen LogP contribution in [0.3, 0.4) is 0 Å². The van der Waals surface area contributed by atoms with Crippen LogP contribution in [-0.2, 0) is 0 Å². The predicted octanol–water partition coefficient (Wildman–Crippen LogP) is 2.59. The molecule has 114 valence electrons. The molecule has 0 saturated carbocycles. The third kappa shape index (κ3) is 3.20. The van der Waals surface area contributed by atoms with E-state index in [9.17, 15) is 5.11 Å². The second kappa shape index (κ2) is 7.72. The molecule has 0 bridgehead atoms. The summed E-state index contributed by atoms with van der Waals surface area (Å²) in [5.41, 5.74) is 1.39. The maximum Gasteiger partial charge on any atom is 0.167 e. The van der Waals surface area contributed by atoms with E-state index in [4.69, 9.17) is 0 Å². The molecular formula is C15H18N6O. The number of hydrogen-bond donors (Lipinski definition) is 1. The lowest BCUT2D eigenvalue weighted by molar-refractivity contribution is 0.450. The van der Waals surface area contributed by atoms with Gasteiger partial charge in [0.25, 0.3) is 0 Å². The van der Waals surface area contributed by atoms with E-state index < -0.39 is 18.5 Å². The van der Waals surface area contributed by atoms with E-state index in [2.05, 4.69) is 70.3 Å². The molecule has 1 rings (SSSR count). The van der Waals surface area contributed by atoms with Gasteiger partial charge in [-0.3, -0.25) is 30.0 Å². The van der Waals surface area contributed by atoms with E-state index in [1.54, 1.807) is 12.1 Å². The molecule has 0 aliphatic carbocycles. The van der Waals surface area contributed by atoms with Gasteiger partial charge in [0.15, 0.2) is 18.5 Å². The molecule has 0 amide bonds. The number of nitrogens with zero attached hydrogens (tertiary/aromatic N) is 6. The van der Waals surface area contributed by atoms with Crippen molar-refractivity contribution in [3.63, 3.8) is 0 Å². The Morgan fingerprint density at radius 2 is 0.955 bits per heavy atom. The largest absolute Gasteiger partial charge is 0.507 e. The Kier molecular flexibility index (Phi) is 6.00. The van der Waals surface area contributed by atoms with Crippen LogP contribution in [0.1, 0.15) is 35.2 Å². The summed E-state index contributed by atoms with van der Waals surface area (Å²) >= 11 is 0. The molecule has 1 aromatic carbocycles. The fourth-order valence-corrected chi connectivity index (χ4v) is 2.02. The van der Waals surface area contributed by atoms with Crippen molar-refractivity contribution in [3.05, 3.63) is 28.8 Å². The van der Waals surface area contributed by atoms with Gasteiger partial charge >= 0.3 is 0 Å². The summed E-state index contributed by atoms with van der Waals surface area (Å²) in [6, 6.07) is 3.29. The van der Waals surface area contributed by atoms with Crippen molar-refractivity contribution in [1.29, 1.82) is 0 Å². The first-order valence-corrected chi connectivity index (χ1v) is 6.19. The second-order valence-electron chi connectivity index (χ2n) is 4.26. The fourth-order valence-electron chi connectivity index (χ4n) is 2.02. The zero-order valence-corrected chi connectivity index (χ0v) is 12.3. The average Bonchev–Trinajstić information content (AvgIpc) is 2.54. The SMILES string of the molecule is C=NC(N=C)c1cc(C(N=C)N=C)c(O)c(C(N=C)N=C)c1. The molecule has 0 heterocycles. The van der Waals surface area contributed by atoms with Gasteiger partial charge in [-0.05, 0) is 58.0 Å². The molecule has 0 radical (unpaired) electrons.